The second kappa shape index (κ2) is 5.63. The average molecular weight is 289 g/mol. The van der Waals surface area contributed by atoms with Crippen molar-refractivity contribution in [1.29, 1.82) is 0 Å². The van der Waals surface area contributed by atoms with Gasteiger partial charge < -0.3 is 11.1 Å². The van der Waals surface area contributed by atoms with Gasteiger partial charge in [-0.15, -0.1) is 0 Å². The Balaban J connectivity index is 3.00. The van der Waals surface area contributed by atoms with Gasteiger partial charge in [-0.1, -0.05) is 30.7 Å². The summed E-state index contributed by atoms with van der Waals surface area (Å²) in [5.74, 6) is -0.881. The van der Waals surface area contributed by atoms with Crippen molar-refractivity contribution < 1.29 is 9.18 Å². The fraction of sp³-hybridized carbons (Fsp3) is 0.333. The zero-order chi connectivity index (χ0) is 13.9. The van der Waals surface area contributed by atoms with E-state index in [2.05, 4.69) is 5.32 Å². The summed E-state index contributed by atoms with van der Waals surface area (Å²) in [4.78, 5) is 12.2. The lowest BCUT2D eigenvalue weighted by Gasteiger charge is -2.25. The van der Waals surface area contributed by atoms with Crippen molar-refractivity contribution in [3.05, 3.63) is 29.0 Å². The predicted octanol–water partition coefficient (Wildman–Crippen LogP) is 3.12. The first-order valence-electron chi connectivity index (χ1n) is 5.37. The van der Waals surface area contributed by atoms with Gasteiger partial charge in [-0.05, 0) is 31.5 Å². The SMILES string of the molecule is CCC(C)(C(=O)Nc1cc(F)ccc1Cl)C(N)=S. The number of nitrogens with one attached hydrogen (secondary N) is 1. The highest BCUT2D eigenvalue weighted by molar-refractivity contribution is 7.80. The molecule has 98 valence electrons. The minimum Gasteiger partial charge on any atom is -0.392 e. The van der Waals surface area contributed by atoms with Crippen LogP contribution in [0.3, 0.4) is 0 Å². The van der Waals surface area contributed by atoms with Crippen LogP contribution in [-0.2, 0) is 4.79 Å². The molecule has 18 heavy (non-hydrogen) atoms. The summed E-state index contributed by atoms with van der Waals surface area (Å²) in [5.41, 5.74) is 4.79. The standard InChI is InChI=1S/C12H14ClFN2OS/c1-3-12(2,10(15)18)11(17)16-9-6-7(14)4-5-8(9)13/h4-6H,3H2,1-2H3,(H2,15,18)(H,16,17). The number of rotatable bonds is 4. The van der Waals surface area contributed by atoms with Crippen molar-refractivity contribution in [1.82, 2.24) is 0 Å². The molecule has 0 aliphatic heterocycles. The van der Waals surface area contributed by atoms with E-state index in [4.69, 9.17) is 29.6 Å². The first-order valence-corrected chi connectivity index (χ1v) is 6.16. The van der Waals surface area contributed by atoms with Crippen LogP contribution in [0.15, 0.2) is 18.2 Å². The van der Waals surface area contributed by atoms with Crippen molar-refractivity contribution in [2.24, 2.45) is 11.1 Å². The second-order valence-electron chi connectivity index (χ2n) is 4.13. The quantitative estimate of drug-likeness (QED) is 0.837. The monoisotopic (exact) mass is 288 g/mol. The van der Waals surface area contributed by atoms with Crippen molar-refractivity contribution in [2.75, 3.05) is 5.32 Å². The van der Waals surface area contributed by atoms with Gasteiger partial charge in [0.2, 0.25) is 5.91 Å². The van der Waals surface area contributed by atoms with Crippen molar-refractivity contribution in [3.8, 4) is 0 Å². The molecule has 1 atom stereocenters. The molecule has 3 nitrogen and oxygen atoms in total. The Hall–Kier alpha value is -1.20. The maximum atomic E-state index is 13.1. The average Bonchev–Trinajstić information content (AvgIpc) is 2.32. The Labute approximate surface area is 115 Å². The normalized spacial score (nSPS) is 13.8. The summed E-state index contributed by atoms with van der Waals surface area (Å²) < 4.78 is 13.1. The lowest BCUT2D eigenvalue weighted by molar-refractivity contribution is -0.121. The Morgan fingerprint density at radius 2 is 2.22 bits per heavy atom. The zero-order valence-electron chi connectivity index (χ0n) is 10.1. The summed E-state index contributed by atoms with van der Waals surface area (Å²) in [5, 5.41) is 2.80. The van der Waals surface area contributed by atoms with E-state index < -0.39 is 17.1 Å². The van der Waals surface area contributed by atoms with E-state index in [1.807, 2.05) is 0 Å². The Kier molecular flexibility index (Phi) is 4.65. The molecular weight excluding hydrogens is 275 g/mol. The molecule has 0 aliphatic rings. The number of halogens is 2. The maximum absolute atomic E-state index is 13.1. The summed E-state index contributed by atoms with van der Waals surface area (Å²) >= 11 is 10.8. The predicted molar refractivity (Wildman–Crippen MR) is 75.2 cm³/mol. The number of nitrogens with two attached hydrogens (primary N) is 1. The van der Waals surface area contributed by atoms with Crippen LogP contribution < -0.4 is 11.1 Å². The van der Waals surface area contributed by atoms with Gasteiger partial charge in [0.25, 0.3) is 0 Å². The Bertz CT molecular complexity index is 495. The number of carbonyl (C=O) groups excluding carboxylic acids is 1. The van der Waals surface area contributed by atoms with E-state index in [-0.39, 0.29) is 15.7 Å². The summed E-state index contributed by atoms with van der Waals surface area (Å²) in [6.45, 7) is 3.43. The molecule has 0 aliphatic carbocycles. The number of hydrogen-bond donors (Lipinski definition) is 2. The second-order valence-corrected chi connectivity index (χ2v) is 4.98. The summed E-state index contributed by atoms with van der Waals surface area (Å²) in [6, 6.07) is 3.73. The highest BCUT2D eigenvalue weighted by atomic mass is 35.5. The number of hydrogen-bond acceptors (Lipinski definition) is 2. The molecule has 1 aromatic carbocycles. The molecule has 6 heteroatoms. The van der Waals surface area contributed by atoms with E-state index >= 15 is 0 Å². The maximum Gasteiger partial charge on any atom is 0.237 e. The molecule has 0 radical (unpaired) electrons. The number of benzene rings is 1. The van der Waals surface area contributed by atoms with Crippen LogP contribution in [0.25, 0.3) is 0 Å². The topological polar surface area (TPSA) is 55.1 Å². The molecule has 0 bridgehead atoms. The highest BCUT2D eigenvalue weighted by Gasteiger charge is 2.34. The molecule has 0 saturated carbocycles. The highest BCUT2D eigenvalue weighted by Crippen LogP contribution is 2.27. The summed E-state index contributed by atoms with van der Waals surface area (Å²) in [6.07, 6.45) is 0.446. The van der Waals surface area contributed by atoms with Crippen LogP contribution in [0, 0.1) is 11.2 Å². The van der Waals surface area contributed by atoms with Crippen LogP contribution in [0.2, 0.25) is 5.02 Å². The first-order chi connectivity index (χ1) is 8.31. The fourth-order valence-electron chi connectivity index (χ4n) is 1.30. The molecule has 1 rings (SSSR count). The lowest BCUT2D eigenvalue weighted by atomic mass is 9.86. The summed E-state index contributed by atoms with van der Waals surface area (Å²) in [7, 11) is 0. The van der Waals surface area contributed by atoms with Gasteiger partial charge in [0.1, 0.15) is 5.82 Å². The smallest absolute Gasteiger partial charge is 0.237 e. The van der Waals surface area contributed by atoms with E-state index in [9.17, 15) is 9.18 Å². The number of carbonyl (C=O) groups is 1. The third-order valence-electron chi connectivity index (χ3n) is 2.93. The molecule has 0 saturated heterocycles. The van der Waals surface area contributed by atoms with Gasteiger partial charge in [0.15, 0.2) is 0 Å². The zero-order valence-corrected chi connectivity index (χ0v) is 11.7. The van der Waals surface area contributed by atoms with Crippen LogP contribution in [0.1, 0.15) is 20.3 Å². The van der Waals surface area contributed by atoms with Gasteiger partial charge in [-0.3, -0.25) is 4.79 Å². The van der Waals surface area contributed by atoms with E-state index in [0.29, 0.717) is 6.42 Å². The molecule has 0 aromatic heterocycles. The van der Waals surface area contributed by atoms with Crippen LogP contribution in [-0.4, -0.2) is 10.9 Å². The molecule has 0 heterocycles. The molecule has 3 N–H and O–H groups in total. The number of amides is 1. The van der Waals surface area contributed by atoms with E-state index in [0.717, 1.165) is 6.07 Å². The Morgan fingerprint density at radius 3 is 2.72 bits per heavy atom. The fourth-order valence-corrected chi connectivity index (χ4v) is 1.70. The third kappa shape index (κ3) is 2.97. The number of anilines is 1. The largest absolute Gasteiger partial charge is 0.392 e. The molecule has 0 fully saturated rings. The van der Waals surface area contributed by atoms with Crippen LogP contribution in [0.4, 0.5) is 10.1 Å². The van der Waals surface area contributed by atoms with Gasteiger partial charge in [0.05, 0.1) is 21.1 Å². The first kappa shape index (κ1) is 14.9. The van der Waals surface area contributed by atoms with Gasteiger partial charge in [0, 0.05) is 0 Å². The molecule has 1 unspecified atom stereocenters. The van der Waals surface area contributed by atoms with Gasteiger partial charge >= 0.3 is 0 Å². The van der Waals surface area contributed by atoms with Crippen molar-refractivity contribution in [3.63, 3.8) is 0 Å². The number of thiocarbonyl (C=S) groups is 1. The molecule has 1 aromatic rings. The van der Waals surface area contributed by atoms with Crippen LogP contribution >= 0.6 is 23.8 Å². The minimum atomic E-state index is -0.981. The van der Waals surface area contributed by atoms with Gasteiger partial charge in [-0.25, -0.2) is 4.39 Å². The van der Waals surface area contributed by atoms with E-state index in [1.165, 1.54) is 12.1 Å². The molecule has 1 amide bonds. The van der Waals surface area contributed by atoms with E-state index in [1.54, 1.807) is 13.8 Å². The van der Waals surface area contributed by atoms with Crippen molar-refractivity contribution >= 4 is 40.4 Å². The third-order valence-corrected chi connectivity index (χ3v) is 3.71. The van der Waals surface area contributed by atoms with Gasteiger partial charge in [-0.2, -0.15) is 0 Å². The Morgan fingerprint density at radius 1 is 1.61 bits per heavy atom. The molecule has 0 spiro atoms. The molecular formula is C12H14ClFN2OS. The van der Waals surface area contributed by atoms with Crippen LogP contribution in [0.5, 0.6) is 0 Å². The van der Waals surface area contributed by atoms with Crippen molar-refractivity contribution in [2.45, 2.75) is 20.3 Å². The minimum absolute atomic E-state index is 0.0926. The lowest BCUT2D eigenvalue weighted by Crippen LogP contribution is -2.43.